The second kappa shape index (κ2) is 6.85. The van der Waals surface area contributed by atoms with E-state index >= 15 is 0 Å². The van der Waals surface area contributed by atoms with Crippen LogP contribution in [0.5, 0.6) is 0 Å². The van der Waals surface area contributed by atoms with E-state index in [1.54, 1.807) is 32.0 Å². The van der Waals surface area contributed by atoms with Gasteiger partial charge in [-0.15, -0.1) is 0 Å². The number of benzene rings is 2. The number of carbonyl (C=O) groups is 1. The first-order valence-electron chi connectivity index (χ1n) is 7.44. The summed E-state index contributed by atoms with van der Waals surface area (Å²) in [5, 5.41) is 12.6. The summed E-state index contributed by atoms with van der Waals surface area (Å²) < 4.78 is 40.0. The van der Waals surface area contributed by atoms with Crippen LogP contribution in [0.15, 0.2) is 36.4 Å². The van der Waals surface area contributed by atoms with Crippen LogP contribution in [0.3, 0.4) is 0 Å². The van der Waals surface area contributed by atoms with Crippen molar-refractivity contribution in [3.8, 4) is 0 Å². The van der Waals surface area contributed by atoms with Crippen LogP contribution in [0.4, 0.5) is 18.9 Å². The minimum atomic E-state index is -4.80. The Bertz CT molecular complexity index is 793. The molecule has 2 rings (SSSR count). The fraction of sp³-hybridized carbons (Fsp3) is 0.278. The van der Waals surface area contributed by atoms with Crippen molar-refractivity contribution in [1.29, 1.82) is 0 Å². The van der Waals surface area contributed by atoms with Gasteiger partial charge in [0.05, 0.1) is 0 Å². The van der Waals surface area contributed by atoms with Crippen LogP contribution < -0.4 is 9.67 Å². The normalized spacial score (nSPS) is 14.1. The van der Waals surface area contributed by atoms with E-state index in [1.807, 2.05) is 6.07 Å². The average Bonchev–Trinajstić information content (AvgIpc) is 2.49. The molecule has 7 heteroatoms. The number of hydrogen-bond acceptors (Lipinski definition) is 2. The van der Waals surface area contributed by atoms with Crippen LogP contribution in [0, 0.1) is 13.8 Å². The Balaban J connectivity index is 2.37. The zero-order valence-corrected chi connectivity index (χ0v) is 15.8. The van der Waals surface area contributed by atoms with Gasteiger partial charge in [-0.05, 0) is 0 Å². The Kier molecular flexibility index (Phi) is 5.35. The number of anilines is 1. The predicted molar refractivity (Wildman–Crippen MR) is 91.3 cm³/mol. The van der Waals surface area contributed by atoms with Crippen LogP contribution in [0.1, 0.15) is 34.0 Å². The molecular weight excluding hydrogens is 394 g/mol. The van der Waals surface area contributed by atoms with Crippen molar-refractivity contribution in [2.45, 2.75) is 32.5 Å². The van der Waals surface area contributed by atoms with Gasteiger partial charge in [0.1, 0.15) is 0 Å². The summed E-state index contributed by atoms with van der Waals surface area (Å²) in [6.45, 7) is 3.89. The minimum absolute atomic E-state index is 0.263. The van der Waals surface area contributed by atoms with Crippen LogP contribution in [0.25, 0.3) is 0 Å². The van der Waals surface area contributed by atoms with Crippen LogP contribution >= 0.6 is 0 Å². The molecule has 0 aliphatic carbocycles. The molecule has 0 aromatic heterocycles. The van der Waals surface area contributed by atoms with Crippen molar-refractivity contribution in [1.82, 2.24) is 0 Å². The zero-order valence-electron chi connectivity index (χ0n) is 13.9. The van der Waals surface area contributed by atoms with Crippen LogP contribution in [-0.2, 0) is 5.60 Å². The van der Waals surface area contributed by atoms with E-state index in [0.717, 1.165) is 4.35 Å². The number of halogens is 3. The standard InChI is InChI=1S/C18H17AsF3NO2/c1-10-7-13(17(3,25)18(20,21)22)8-11(2)15(10)23-16(24)12-5-4-6-14(19)9-12/h4-9,25H,1-3H3,(H,23,24). The molecule has 3 nitrogen and oxygen atoms in total. The van der Waals surface area contributed by atoms with Gasteiger partial charge in [-0.1, -0.05) is 0 Å². The SMILES string of the molecule is Cc1cc(C(C)(O)C(F)(F)F)cc(C)c1NC(=O)c1cccc([As])c1. The molecule has 1 unspecified atom stereocenters. The Hall–Kier alpha value is -1.78. The van der Waals surface area contributed by atoms with Gasteiger partial charge >= 0.3 is 152 Å². The second-order valence-corrected chi connectivity index (χ2v) is 7.14. The molecule has 0 spiro atoms. The van der Waals surface area contributed by atoms with Crippen molar-refractivity contribution >= 4 is 32.8 Å². The Morgan fingerprint density at radius 1 is 1.12 bits per heavy atom. The van der Waals surface area contributed by atoms with Gasteiger partial charge in [-0.3, -0.25) is 0 Å². The Morgan fingerprint density at radius 3 is 2.16 bits per heavy atom. The summed E-state index contributed by atoms with van der Waals surface area (Å²) in [5.41, 5.74) is -1.46. The molecule has 2 radical (unpaired) electrons. The molecule has 0 aliphatic heterocycles. The van der Waals surface area contributed by atoms with Crippen molar-refractivity contribution in [3.63, 3.8) is 0 Å². The number of hydrogen-bond donors (Lipinski definition) is 2. The van der Waals surface area contributed by atoms with Crippen molar-refractivity contribution in [3.05, 3.63) is 58.7 Å². The van der Waals surface area contributed by atoms with Crippen LogP contribution in [0.2, 0.25) is 0 Å². The summed E-state index contributed by atoms with van der Waals surface area (Å²) in [5.74, 6) is -0.352. The first-order valence-corrected chi connectivity index (χ1v) is 8.38. The first-order chi connectivity index (χ1) is 11.4. The zero-order chi connectivity index (χ0) is 19.0. The third-order valence-corrected chi connectivity index (χ3v) is 4.58. The molecule has 2 N–H and O–H groups in total. The topological polar surface area (TPSA) is 49.3 Å². The van der Waals surface area contributed by atoms with E-state index in [4.69, 9.17) is 0 Å². The summed E-state index contributed by atoms with van der Waals surface area (Å²) in [6, 6.07) is 9.40. The number of nitrogens with one attached hydrogen (secondary N) is 1. The molecule has 0 saturated heterocycles. The molecule has 132 valence electrons. The summed E-state index contributed by atoms with van der Waals surface area (Å²) in [7, 11) is 0. The molecule has 0 saturated carbocycles. The number of amides is 1. The number of alkyl halides is 3. The van der Waals surface area contributed by atoms with E-state index in [-0.39, 0.29) is 11.5 Å². The van der Waals surface area contributed by atoms with E-state index in [0.29, 0.717) is 29.3 Å². The van der Waals surface area contributed by atoms with Crippen molar-refractivity contribution in [2.24, 2.45) is 0 Å². The molecule has 2 aromatic rings. The third-order valence-electron chi connectivity index (χ3n) is 3.99. The third kappa shape index (κ3) is 4.07. The molecular formula is C18H17AsF3NO2. The monoisotopic (exact) mass is 411 g/mol. The van der Waals surface area contributed by atoms with Gasteiger partial charge in [0.25, 0.3) is 0 Å². The molecule has 0 bridgehead atoms. The predicted octanol–water partition coefficient (Wildman–Crippen LogP) is 3.12. The molecule has 0 aliphatic rings. The van der Waals surface area contributed by atoms with E-state index in [1.165, 1.54) is 12.1 Å². The van der Waals surface area contributed by atoms with Crippen molar-refractivity contribution in [2.75, 3.05) is 5.32 Å². The van der Waals surface area contributed by atoms with Gasteiger partial charge in [0.2, 0.25) is 0 Å². The number of rotatable bonds is 3. The fourth-order valence-electron chi connectivity index (χ4n) is 2.44. The Morgan fingerprint density at radius 2 is 1.68 bits per heavy atom. The molecule has 0 heterocycles. The van der Waals surface area contributed by atoms with Gasteiger partial charge < -0.3 is 0 Å². The van der Waals surface area contributed by atoms with Gasteiger partial charge in [0.15, 0.2) is 0 Å². The van der Waals surface area contributed by atoms with Gasteiger partial charge in [-0.25, -0.2) is 0 Å². The molecule has 0 fully saturated rings. The number of carbonyl (C=O) groups excluding carboxylic acids is 1. The van der Waals surface area contributed by atoms with E-state index in [9.17, 15) is 23.1 Å². The first kappa shape index (κ1) is 19.5. The van der Waals surface area contributed by atoms with E-state index < -0.39 is 11.8 Å². The van der Waals surface area contributed by atoms with Crippen molar-refractivity contribution < 1.29 is 23.1 Å². The molecule has 25 heavy (non-hydrogen) atoms. The maximum absolute atomic E-state index is 13.0. The fourth-order valence-corrected chi connectivity index (χ4v) is 2.91. The molecule has 2 aromatic carbocycles. The quantitative estimate of drug-likeness (QED) is 0.763. The second-order valence-electron chi connectivity index (χ2n) is 6.06. The number of aryl methyl sites for hydroxylation is 2. The number of aliphatic hydroxyl groups is 1. The van der Waals surface area contributed by atoms with E-state index in [2.05, 4.69) is 22.2 Å². The molecule has 1 amide bonds. The van der Waals surface area contributed by atoms with Crippen LogP contribution in [-0.4, -0.2) is 34.0 Å². The van der Waals surface area contributed by atoms with Gasteiger partial charge in [-0.2, -0.15) is 0 Å². The molecule has 1 atom stereocenters. The summed E-state index contributed by atoms with van der Waals surface area (Å²) >= 11 is 2.34. The Labute approximate surface area is 152 Å². The average molecular weight is 411 g/mol. The summed E-state index contributed by atoms with van der Waals surface area (Å²) in [6.07, 6.45) is -4.80. The maximum atomic E-state index is 13.0. The summed E-state index contributed by atoms with van der Waals surface area (Å²) in [4.78, 5) is 12.4. The van der Waals surface area contributed by atoms with Gasteiger partial charge in [0, 0.05) is 0 Å².